The van der Waals surface area contributed by atoms with Crippen LogP contribution in [0.25, 0.3) is 0 Å². The summed E-state index contributed by atoms with van der Waals surface area (Å²) in [7, 11) is 0. The highest BCUT2D eigenvalue weighted by molar-refractivity contribution is 7.07. The maximum Gasteiger partial charge on any atom is 0.387 e. The van der Waals surface area contributed by atoms with E-state index in [2.05, 4.69) is 10.1 Å². The van der Waals surface area contributed by atoms with E-state index >= 15 is 0 Å². The normalized spacial score (nSPS) is 19.9. The molecule has 1 aromatic carbocycles. The van der Waals surface area contributed by atoms with Gasteiger partial charge in [0, 0.05) is 18.2 Å². The number of hydrogen-bond donors (Lipinski definition) is 1. The molecule has 28 heavy (non-hydrogen) atoms. The van der Waals surface area contributed by atoms with Crippen LogP contribution in [-0.4, -0.2) is 36.5 Å². The second-order valence-corrected chi connectivity index (χ2v) is 8.08. The average Bonchev–Trinajstić information content (AvgIpc) is 3.09. The molecule has 152 valence electrons. The number of nitrogens with zero attached hydrogens (tertiary/aromatic N) is 1. The minimum absolute atomic E-state index is 0. The number of piperidine rings is 1. The maximum absolute atomic E-state index is 13.3. The summed E-state index contributed by atoms with van der Waals surface area (Å²) >= 11 is 1.61. The third-order valence-corrected chi connectivity index (χ3v) is 6.35. The lowest BCUT2D eigenvalue weighted by Crippen LogP contribution is -2.39. The lowest BCUT2D eigenvalue weighted by Gasteiger charge is -2.29. The van der Waals surface area contributed by atoms with Crippen LogP contribution in [0.5, 0.6) is 5.75 Å². The van der Waals surface area contributed by atoms with Gasteiger partial charge in [-0.2, -0.15) is 20.1 Å². The van der Waals surface area contributed by atoms with Gasteiger partial charge < -0.3 is 15.0 Å². The van der Waals surface area contributed by atoms with E-state index in [1.807, 2.05) is 21.7 Å². The van der Waals surface area contributed by atoms with Gasteiger partial charge in [-0.15, -0.1) is 12.4 Å². The predicted molar refractivity (Wildman–Crippen MR) is 107 cm³/mol. The minimum Gasteiger partial charge on any atom is -0.435 e. The molecule has 2 aliphatic rings. The number of ether oxygens (including phenoxy) is 1. The zero-order chi connectivity index (χ0) is 18.9. The molecule has 1 saturated carbocycles. The van der Waals surface area contributed by atoms with E-state index in [9.17, 15) is 13.6 Å². The molecule has 8 heteroatoms. The summed E-state index contributed by atoms with van der Waals surface area (Å²) < 4.78 is 29.5. The van der Waals surface area contributed by atoms with Gasteiger partial charge in [0.2, 0.25) is 0 Å². The van der Waals surface area contributed by atoms with Gasteiger partial charge in [-0.25, -0.2) is 0 Å². The van der Waals surface area contributed by atoms with Crippen LogP contribution in [0.15, 0.2) is 41.1 Å². The van der Waals surface area contributed by atoms with Gasteiger partial charge in [-0.1, -0.05) is 6.07 Å². The Bertz CT molecular complexity index is 797. The van der Waals surface area contributed by atoms with Crippen molar-refractivity contribution in [2.24, 2.45) is 5.41 Å². The van der Waals surface area contributed by atoms with Gasteiger partial charge in [-0.3, -0.25) is 4.79 Å². The van der Waals surface area contributed by atoms with E-state index in [1.54, 1.807) is 23.5 Å². The molecule has 1 N–H and O–H groups in total. The van der Waals surface area contributed by atoms with E-state index in [0.717, 1.165) is 37.9 Å². The smallest absolute Gasteiger partial charge is 0.387 e. The van der Waals surface area contributed by atoms with Crippen molar-refractivity contribution in [1.82, 2.24) is 10.2 Å². The topological polar surface area (TPSA) is 41.6 Å². The van der Waals surface area contributed by atoms with E-state index in [4.69, 9.17) is 0 Å². The third kappa shape index (κ3) is 4.47. The molecule has 2 heterocycles. The molecule has 1 aliphatic heterocycles. The van der Waals surface area contributed by atoms with Crippen molar-refractivity contribution in [2.75, 3.05) is 13.1 Å². The zero-order valence-electron chi connectivity index (χ0n) is 15.3. The van der Waals surface area contributed by atoms with E-state index < -0.39 is 6.61 Å². The molecule has 4 nitrogen and oxygen atoms in total. The van der Waals surface area contributed by atoms with Crippen LogP contribution in [0.1, 0.15) is 35.2 Å². The highest BCUT2D eigenvalue weighted by atomic mass is 35.5. The van der Waals surface area contributed by atoms with Crippen molar-refractivity contribution in [3.8, 4) is 5.75 Å². The molecule has 4 rings (SSSR count). The van der Waals surface area contributed by atoms with Crippen LogP contribution < -0.4 is 10.1 Å². The quantitative estimate of drug-likeness (QED) is 0.733. The lowest BCUT2D eigenvalue weighted by atomic mass is 9.93. The molecule has 2 fully saturated rings. The van der Waals surface area contributed by atoms with Crippen molar-refractivity contribution in [3.63, 3.8) is 0 Å². The first-order valence-corrected chi connectivity index (χ1v) is 10.1. The SMILES string of the molecule is Cl.O=C(c1cccc(OC(F)F)c1)N(Cc1ccsc1)C1CC12CCNCC2. The number of halogens is 3. The molecule has 1 amide bonds. The van der Waals surface area contributed by atoms with Gasteiger partial charge in [0.15, 0.2) is 0 Å². The highest BCUT2D eigenvalue weighted by Gasteiger charge is 2.57. The van der Waals surface area contributed by atoms with Crippen molar-refractivity contribution < 1.29 is 18.3 Å². The molecular weight excluding hydrogens is 406 g/mol. The molecule has 1 aromatic heterocycles. The van der Waals surface area contributed by atoms with Crippen molar-refractivity contribution >= 4 is 29.7 Å². The summed E-state index contributed by atoms with van der Waals surface area (Å²) in [6, 6.07) is 8.33. The molecule has 1 saturated heterocycles. The molecule has 0 bridgehead atoms. The second kappa shape index (κ2) is 8.76. The van der Waals surface area contributed by atoms with Crippen molar-refractivity contribution in [3.05, 3.63) is 52.2 Å². The Kier molecular flexibility index (Phi) is 6.58. The highest BCUT2D eigenvalue weighted by Crippen LogP contribution is 2.56. The van der Waals surface area contributed by atoms with Crippen LogP contribution in [0, 0.1) is 5.41 Å². The molecular formula is C20H23ClF2N2O2S. The molecule has 1 atom stereocenters. The average molecular weight is 429 g/mol. The fourth-order valence-electron chi connectivity index (χ4n) is 4.10. The van der Waals surface area contributed by atoms with Crippen molar-refractivity contribution in [1.29, 1.82) is 0 Å². The van der Waals surface area contributed by atoms with Gasteiger partial charge in [0.05, 0.1) is 0 Å². The number of nitrogens with one attached hydrogen (secondary N) is 1. The number of hydrogen-bond acceptors (Lipinski definition) is 4. The molecule has 0 radical (unpaired) electrons. The summed E-state index contributed by atoms with van der Waals surface area (Å²) in [5.74, 6) is -0.111. The fourth-order valence-corrected chi connectivity index (χ4v) is 4.76. The summed E-state index contributed by atoms with van der Waals surface area (Å²) in [4.78, 5) is 15.2. The Morgan fingerprint density at radius 3 is 2.79 bits per heavy atom. The number of rotatable bonds is 6. The monoisotopic (exact) mass is 428 g/mol. The van der Waals surface area contributed by atoms with E-state index in [0.29, 0.717) is 12.1 Å². The number of benzene rings is 1. The Labute approximate surface area is 173 Å². The van der Waals surface area contributed by atoms with Gasteiger partial charge in [0.1, 0.15) is 5.75 Å². The minimum atomic E-state index is -2.90. The molecule has 2 aromatic rings. The zero-order valence-corrected chi connectivity index (χ0v) is 16.9. The van der Waals surface area contributed by atoms with E-state index in [1.165, 1.54) is 12.1 Å². The molecule has 1 spiro atoms. The van der Waals surface area contributed by atoms with Crippen LogP contribution in [0.3, 0.4) is 0 Å². The first-order valence-electron chi connectivity index (χ1n) is 9.15. The summed E-state index contributed by atoms with van der Waals surface area (Å²) in [5, 5.41) is 7.43. The van der Waals surface area contributed by atoms with Gasteiger partial charge in [-0.05, 0) is 78.4 Å². The first kappa shape index (κ1) is 21.0. The number of alkyl halides is 2. The van der Waals surface area contributed by atoms with Crippen LogP contribution in [-0.2, 0) is 6.54 Å². The number of thiophene rings is 1. The fraction of sp³-hybridized carbons (Fsp3) is 0.450. The molecule has 1 unspecified atom stereocenters. The Hall–Kier alpha value is -1.70. The maximum atomic E-state index is 13.3. The Morgan fingerprint density at radius 2 is 2.11 bits per heavy atom. The lowest BCUT2D eigenvalue weighted by molar-refractivity contribution is -0.0499. The summed E-state index contributed by atoms with van der Waals surface area (Å²) in [5.41, 5.74) is 1.69. The van der Waals surface area contributed by atoms with Crippen LogP contribution >= 0.6 is 23.7 Å². The Morgan fingerprint density at radius 1 is 1.32 bits per heavy atom. The van der Waals surface area contributed by atoms with Gasteiger partial charge >= 0.3 is 6.61 Å². The first-order chi connectivity index (χ1) is 13.1. The van der Waals surface area contributed by atoms with Crippen molar-refractivity contribution in [2.45, 2.75) is 38.5 Å². The Balaban J connectivity index is 0.00000225. The van der Waals surface area contributed by atoms with Crippen LogP contribution in [0.4, 0.5) is 8.78 Å². The predicted octanol–water partition coefficient (Wildman–Crippen LogP) is 4.56. The standard InChI is InChI=1S/C20H22F2N2O2S.ClH/c21-19(22)26-16-3-1-2-15(10-16)18(25)24(12-14-4-9-27-13-14)17-11-20(17)5-7-23-8-6-20;/h1-4,9-10,13,17,19,23H,5-8,11-12H2;1H. The summed E-state index contributed by atoms with van der Waals surface area (Å²) in [6.07, 6.45) is 3.15. The second-order valence-electron chi connectivity index (χ2n) is 7.30. The largest absolute Gasteiger partial charge is 0.435 e. The number of carbonyl (C=O) groups is 1. The third-order valence-electron chi connectivity index (χ3n) is 5.62. The number of amides is 1. The van der Waals surface area contributed by atoms with Crippen LogP contribution in [0.2, 0.25) is 0 Å². The van der Waals surface area contributed by atoms with E-state index in [-0.39, 0.29) is 35.5 Å². The van der Waals surface area contributed by atoms with Gasteiger partial charge in [0.25, 0.3) is 5.91 Å². The molecule has 1 aliphatic carbocycles. The summed E-state index contributed by atoms with van der Waals surface area (Å²) in [6.45, 7) is -0.399. The number of carbonyl (C=O) groups excluding carboxylic acids is 1.